The van der Waals surface area contributed by atoms with Crippen molar-refractivity contribution in [3.63, 3.8) is 0 Å². The number of ether oxygens (including phenoxy) is 1. The summed E-state index contributed by atoms with van der Waals surface area (Å²) >= 11 is 1.93. The molecule has 2 saturated heterocycles. The van der Waals surface area contributed by atoms with Gasteiger partial charge in [0.2, 0.25) is 5.91 Å². The molecular weight excluding hydrogens is 324 g/mol. The van der Waals surface area contributed by atoms with Gasteiger partial charge in [0, 0.05) is 30.3 Å². The molecule has 2 aliphatic rings. The van der Waals surface area contributed by atoms with E-state index in [0.717, 1.165) is 54.0 Å². The molecular formula is C18H22N2O3S. The Bertz CT molecular complexity index is 705. The van der Waals surface area contributed by atoms with E-state index in [0.29, 0.717) is 19.0 Å². The normalized spacial score (nSPS) is 23.8. The highest BCUT2D eigenvalue weighted by atomic mass is 32.2. The van der Waals surface area contributed by atoms with Crippen LogP contribution in [0.15, 0.2) is 28.8 Å². The third-order valence-electron chi connectivity index (χ3n) is 4.86. The van der Waals surface area contributed by atoms with E-state index in [9.17, 15) is 4.79 Å². The number of carbonyl (C=O) groups is 1. The van der Waals surface area contributed by atoms with Crippen LogP contribution >= 0.6 is 11.8 Å². The summed E-state index contributed by atoms with van der Waals surface area (Å²) in [6, 6.07) is 8.03. The molecule has 2 atom stereocenters. The summed E-state index contributed by atoms with van der Waals surface area (Å²) < 4.78 is 11.1. The number of benzene rings is 1. The van der Waals surface area contributed by atoms with Crippen LogP contribution in [0.5, 0.6) is 0 Å². The van der Waals surface area contributed by atoms with Crippen LogP contribution in [0, 0.1) is 0 Å². The molecule has 5 nitrogen and oxygen atoms in total. The van der Waals surface area contributed by atoms with E-state index < -0.39 is 0 Å². The maximum atomic E-state index is 13.0. The highest BCUT2D eigenvalue weighted by Crippen LogP contribution is 2.26. The van der Waals surface area contributed by atoms with Crippen molar-refractivity contribution >= 4 is 28.6 Å². The van der Waals surface area contributed by atoms with Gasteiger partial charge in [-0.25, -0.2) is 0 Å². The first kappa shape index (κ1) is 16.0. The zero-order valence-corrected chi connectivity index (χ0v) is 14.5. The Labute approximate surface area is 145 Å². The molecule has 2 aromatic rings. The molecule has 0 aliphatic carbocycles. The van der Waals surface area contributed by atoms with Crippen LogP contribution in [0.1, 0.15) is 25.0 Å². The van der Waals surface area contributed by atoms with E-state index in [1.165, 1.54) is 0 Å². The first-order valence-corrected chi connectivity index (χ1v) is 9.79. The maximum Gasteiger partial charge on any atom is 0.229 e. The van der Waals surface area contributed by atoms with Crippen molar-refractivity contribution in [1.29, 1.82) is 0 Å². The number of hydrogen-bond acceptors (Lipinski definition) is 5. The summed E-state index contributed by atoms with van der Waals surface area (Å²) in [5.74, 6) is 2.29. The van der Waals surface area contributed by atoms with E-state index in [2.05, 4.69) is 5.16 Å². The Balaban J connectivity index is 1.51. The lowest BCUT2D eigenvalue weighted by Gasteiger charge is -2.30. The summed E-state index contributed by atoms with van der Waals surface area (Å²) in [6.45, 7) is 1.53. The summed E-state index contributed by atoms with van der Waals surface area (Å²) in [4.78, 5) is 15.0. The summed E-state index contributed by atoms with van der Waals surface area (Å²) in [5, 5.41) is 5.05. The predicted octanol–water partition coefficient (Wildman–Crippen LogP) is 2.88. The third-order valence-corrected chi connectivity index (χ3v) is 6.01. The molecule has 24 heavy (non-hydrogen) atoms. The predicted molar refractivity (Wildman–Crippen MR) is 94.1 cm³/mol. The Morgan fingerprint density at radius 1 is 1.33 bits per heavy atom. The lowest BCUT2D eigenvalue weighted by atomic mass is 10.1. The lowest BCUT2D eigenvalue weighted by Crippen LogP contribution is -2.45. The number of carbonyl (C=O) groups excluding carboxylic acids is 1. The Hall–Kier alpha value is -1.53. The molecule has 0 spiro atoms. The van der Waals surface area contributed by atoms with E-state index in [1.807, 2.05) is 40.9 Å². The molecule has 2 aliphatic heterocycles. The van der Waals surface area contributed by atoms with Gasteiger partial charge in [0.1, 0.15) is 5.69 Å². The monoisotopic (exact) mass is 346 g/mol. The average molecular weight is 346 g/mol. The average Bonchev–Trinajstić information content (AvgIpc) is 3.35. The van der Waals surface area contributed by atoms with Gasteiger partial charge >= 0.3 is 0 Å². The number of hydrogen-bond donors (Lipinski definition) is 0. The molecule has 6 heteroatoms. The van der Waals surface area contributed by atoms with Gasteiger partial charge in [-0.2, -0.15) is 11.8 Å². The van der Waals surface area contributed by atoms with Crippen molar-refractivity contribution in [2.45, 2.75) is 37.8 Å². The van der Waals surface area contributed by atoms with Crippen LogP contribution in [0.25, 0.3) is 11.0 Å². The second-order valence-electron chi connectivity index (χ2n) is 6.50. The standard InChI is InChI=1S/C18H22N2O3S/c21-18(10-16-15-5-1-2-6-17(15)23-19-16)20(13-7-9-24-12-13)11-14-4-3-8-22-14/h1-2,5-6,13-14H,3-4,7-12H2. The van der Waals surface area contributed by atoms with Crippen molar-refractivity contribution in [1.82, 2.24) is 10.1 Å². The van der Waals surface area contributed by atoms with Crippen LogP contribution in [-0.2, 0) is 16.0 Å². The van der Waals surface area contributed by atoms with Crippen molar-refractivity contribution in [2.24, 2.45) is 0 Å². The highest BCUT2D eigenvalue weighted by molar-refractivity contribution is 7.99. The molecule has 0 saturated carbocycles. The minimum absolute atomic E-state index is 0.136. The summed E-state index contributed by atoms with van der Waals surface area (Å²) in [6.07, 6.45) is 3.71. The topological polar surface area (TPSA) is 55.6 Å². The lowest BCUT2D eigenvalue weighted by molar-refractivity contribution is -0.134. The molecule has 128 valence electrons. The van der Waals surface area contributed by atoms with Crippen LogP contribution in [0.4, 0.5) is 0 Å². The zero-order chi connectivity index (χ0) is 16.4. The summed E-state index contributed by atoms with van der Waals surface area (Å²) in [5.41, 5.74) is 1.47. The number of aromatic nitrogens is 1. The van der Waals surface area contributed by atoms with Gasteiger partial charge < -0.3 is 14.2 Å². The molecule has 4 rings (SSSR count). The van der Waals surface area contributed by atoms with Crippen LogP contribution in [0.2, 0.25) is 0 Å². The molecule has 1 amide bonds. The third kappa shape index (κ3) is 3.30. The Morgan fingerprint density at radius 3 is 3.04 bits per heavy atom. The van der Waals surface area contributed by atoms with Gasteiger partial charge in [-0.15, -0.1) is 0 Å². The number of amides is 1. The van der Waals surface area contributed by atoms with Crippen molar-refractivity contribution in [2.75, 3.05) is 24.7 Å². The van der Waals surface area contributed by atoms with Crippen molar-refractivity contribution < 1.29 is 14.1 Å². The first-order valence-electron chi connectivity index (χ1n) is 8.63. The first-order chi connectivity index (χ1) is 11.8. The van der Waals surface area contributed by atoms with Gasteiger partial charge in [0.05, 0.1) is 12.5 Å². The largest absolute Gasteiger partial charge is 0.376 e. The van der Waals surface area contributed by atoms with Crippen molar-refractivity contribution in [3.05, 3.63) is 30.0 Å². The Morgan fingerprint density at radius 2 is 2.25 bits per heavy atom. The number of fused-ring (bicyclic) bond motifs is 1. The molecule has 1 aromatic heterocycles. The van der Waals surface area contributed by atoms with Gasteiger partial charge in [-0.1, -0.05) is 17.3 Å². The van der Waals surface area contributed by atoms with E-state index in [-0.39, 0.29) is 12.0 Å². The second kappa shape index (κ2) is 7.15. The molecule has 2 unspecified atom stereocenters. The second-order valence-corrected chi connectivity index (χ2v) is 7.65. The van der Waals surface area contributed by atoms with E-state index >= 15 is 0 Å². The van der Waals surface area contributed by atoms with Crippen LogP contribution in [0.3, 0.4) is 0 Å². The minimum Gasteiger partial charge on any atom is -0.376 e. The maximum absolute atomic E-state index is 13.0. The number of thioether (sulfide) groups is 1. The fourth-order valence-electron chi connectivity index (χ4n) is 3.54. The van der Waals surface area contributed by atoms with Gasteiger partial charge in [0.15, 0.2) is 5.58 Å². The van der Waals surface area contributed by atoms with Crippen LogP contribution in [-0.4, -0.2) is 52.8 Å². The van der Waals surface area contributed by atoms with E-state index in [1.54, 1.807) is 0 Å². The molecule has 2 fully saturated rings. The zero-order valence-electron chi connectivity index (χ0n) is 13.6. The van der Waals surface area contributed by atoms with Crippen LogP contribution < -0.4 is 0 Å². The fraction of sp³-hybridized carbons (Fsp3) is 0.556. The molecule has 0 radical (unpaired) electrons. The SMILES string of the molecule is O=C(Cc1noc2ccccc12)N(CC1CCCO1)C1CCSC1. The number of para-hydroxylation sites is 1. The van der Waals surface area contributed by atoms with Gasteiger partial charge in [-0.05, 0) is 37.1 Å². The minimum atomic E-state index is 0.136. The number of rotatable bonds is 5. The smallest absolute Gasteiger partial charge is 0.229 e. The van der Waals surface area contributed by atoms with Gasteiger partial charge in [0.25, 0.3) is 0 Å². The fourth-order valence-corrected chi connectivity index (χ4v) is 4.76. The molecule has 0 N–H and O–H groups in total. The quantitative estimate of drug-likeness (QED) is 0.833. The van der Waals surface area contributed by atoms with E-state index in [4.69, 9.17) is 9.26 Å². The molecule has 3 heterocycles. The Kier molecular flexibility index (Phi) is 4.76. The van der Waals surface area contributed by atoms with Crippen molar-refractivity contribution in [3.8, 4) is 0 Å². The number of nitrogens with zero attached hydrogens (tertiary/aromatic N) is 2. The molecule has 0 bridgehead atoms. The van der Waals surface area contributed by atoms with Gasteiger partial charge in [-0.3, -0.25) is 4.79 Å². The molecule has 1 aromatic carbocycles. The summed E-state index contributed by atoms with van der Waals surface area (Å²) in [7, 11) is 0. The highest BCUT2D eigenvalue weighted by Gasteiger charge is 2.31.